The highest BCUT2D eigenvalue weighted by atomic mass is 19.2. The lowest BCUT2D eigenvalue weighted by Crippen LogP contribution is -2.13. The van der Waals surface area contributed by atoms with Crippen LogP contribution < -0.4 is 10.5 Å². The minimum absolute atomic E-state index is 0.110. The lowest BCUT2D eigenvalue weighted by Gasteiger charge is -2.11. The van der Waals surface area contributed by atoms with E-state index in [1.54, 1.807) is 24.3 Å². The average Bonchev–Trinajstić information content (AvgIpc) is 2.40. The maximum atomic E-state index is 13.4. The molecular formula is C14H12F2N2O. The van der Waals surface area contributed by atoms with Gasteiger partial charge in [0.25, 0.3) is 0 Å². The number of halogens is 2. The van der Waals surface area contributed by atoms with E-state index >= 15 is 0 Å². The molecule has 19 heavy (non-hydrogen) atoms. The lowest BCUT2D eigenvalue weighted by atomic mass is 10.2. The summed E-state index contributed by atoms with van der Waals surface area (Å²) in [6.45, 7) is -0.131. The van der Waals surface area contributed by atoms with Crippen molar-refractivity contribution in [3.63, 3.8) is 0 Å². The van der Waals surface area contributed by atoms with Crippen molar-refractivity contribution in [2.75, 3.05) is 0 Å². The second-order valence-corrected chi connectivity index (χ2v) is 3.91. The predicted molar refractivity (Wildman–Crippen MR) is 68.1 cm³/mol. The monoisotopic (exact) mass is 262 g/mol. The van der Waals surface area contributed by atoms with Crippen LogP contribution >= 0.6 is 0 Å². The number of benzene rings is 2. The third kappa shape index (κ3) is 2.88. The summed E-state index contributed by atoms with van der Waals surface area (Å²) in [5.41, 5.74) is 5.93. The molecule has 2 rings (SSSR count). The number of para-hydroxylation sites is 1. The third-order valence-corrected chi connectivity index (χ3v) is 2.59. The van der Waals surface area contributed by atoms with Gasteiger partial charge in [-0.15, -0.1) is 0 Å². The summed E-state index contributed by atoms with van der Waals surface area (Å²) in [4.78, 5) is 0. The van der Waals surface area contributed by atoms with Gasteiger partial charge in [0, 0.05) is 5.56 Å². The highest BCUT2D eigenvalue weighted by molar-refractivity contribution is 5.97. The molecule has 2 aromatic carbocycles. The second-order valence-electron chi connectivity index (χ2n) is 3.91. The Bertz CT molecular complexity index is 614. The molecule has 0 saturated heterocycles. The Morgan fingerprint density at radius 2 is 1.84 bits per heavy atom. The third-order valence-electron chi connectivity index (χ3n) is 2.59. The van der Waals surface area contributed by atoms with E-state index < -0.39 is 11.6 Å². The van der Waals surface area contributed by atoms with E-state index in [0.29, 0.717) is 11.3 Å². The SMILES string of the molecule is N=C(N)c1ccccc1OCc1cccc(F)c1F. The van der Waals surface area contributed by atoms with Gasteiger partial charge in [-0.05, 0) is 18.2 Å². The minimum Gasteiger partial charge on any atom is -0.488 e. The van der Waals surface area contributed by atoms with Crippen LogP contribution in [0.4, 0.5) is 8.78 Å². The van der Waals surface area contributed by atoms with Gasteiger partial charge in [0.15, 0.2) is 11.6 Å². The van der Waals surface area contributed by atoms with Crippen LogP contribution in [0.2, 0.25) is 0 Å². The van der Waals surface area contributed by atoms with Crippen LogP contribution in [-0.4, -0.2) is 5.84 Å². The summed E-state index contributed by atoms with van der Waals surface area (Å²) in [7, 11) is 0. The van der Waals surface area contributed by atoms with Crippen molar-refractivity contribution in [1.82, 2.24) is 0 Å². The van der Waals surface area contributed by atoms with Crippen LogP contribution in [0.15, 0.2) is 42.5 Å². The lowest BCUT2D eigenvalue weighted by molar-refractivity contribution is 0.296. The van der Waals surface area contributed by atoms with Crippen LogP contribution in [0.25, 0.3) is 0 Å². The van der Waals surface area contributed by atoms with E-state index in [4.69, 9.17) is 15.9 Å². The Morgan fingerprint density at radius 3 is 2.58 bits per heavy atom. The van der Waals surface area contributed by atoms with Gasteiger partial charge in [-0.2, -0.15) is 0 Å². The minimum atomic E-state index is -0.928. The van der Waals surface area contributed by atoms with Crippen LogP contribution in [0.5, 0.6) is 5.75 Å². The Hall–Kier alpha value is -2.43. The topological polar surface area (TPSA) is 59.1 Å². The normalized spacial score (nSPS) is 10.2. The quantitative estimate of drug-likeness (QED) is 0.657. The van der Waals surface area contributed by atoms with Crippen molar-refractivity contribution < 1.29 is 13.5 Å². The molecule has 0 unspecified atom stereocenters. The first-order valence-electron chi connectivity index (χ1n) is 5.58. The first-order chi connectivity index (χ1) is 9.09. The largest absolute Gasteiger partial charge is 0.488 e. The maximum Gasteiger partial charge on any atom is 0.165 e. The fraction of sp³-hybridized carbons (Fsp3) is 0.0714. The molecule has 3 N–H and O–H groups in total. The summed E-state index contributed by atoms with van der Waals surface area (Å²) in [5, 5.41) is 7.40. The zero-order chi connectivity index (χ0) is 13.8. The molecule has 5 heteroatoms. The number of ether oxygens (including phenoxy) is 1. The van der Waals surface area contributed by atoms with Crippen LogP contribution in [0.1, 0.15) is 11.1 Å². The summed E-state index contributed by atoms with van der Waals surface area (Å²) < 4.78 is 31.9. The van der Waals surface area contributed by atoms with Gasteiger partial charge in [-0.1, -0.05) is 24.3 Å². The summed E-state index contributed by atoms with van der Waals surface area (Å²) in [5.74, 6) is -1.63. The molecule has 0 aromatic heterocycles. The molecule has 0 fully saturated rings. The van der Waals surface area contributed by atoms with E-state index in [1.165, 1.54) is 12.1 Å². The molecule has 0 aliphatic carbocycles. The van der Waals surface area contributed by atoms with Gasteiger partial charge in [0.2, 0.25) is 0 Å². The average molecular weight is 262 g/mol. The summed E-state index contributed by atoms with van der Waals surface area (Å²) in [6, 6.07) is 10.6. The van der Waals surface area contributed by atoms with E-state index in [2.05, 4.69) is 0 Å². The molecule has 0 aliphatic heterocycles. The fourth-order valence-corrected chi connectivity index (χ4v) is 1.63. The van der Waals surface area contributed by atoms with E-state index in [9.17, 15) is 8.78 Å². The molecule has 0 spiro atoms. The number of amidine groups is 1. The molecule has 0 atom stereocenters. The van der Waals surface area contributed by atoms with E-state index in [0.717, 1.165) is 6.07 Å². The van der Waals surface area contributed by atoms with Gasteiger partial charge in [-0.3, -0.25) is 5.41 Å². The molecule has 0 aliphatic rings. The maximum absolute atomic E-state index is 13.4. The smallest absolute Gasteiger partial charge is 0.165 e. The Kier molecular flexibility index (Phi) is 3.75. The van der Waals surface area contributed by atoms with Crippen LogP contribution in [-0.2, 0) is 6.61 Å². The molecule has 0 radical (unpaired) electrons. The molecule has 0 saturated carbocycles. The molecule has 0 heterocycles. The van der Waals surface area contributed by atoms with Gasteiger partial charge in [0.05, 0.1) is 5.56 Å². The number of nitrogens with one attached hydrogen (secondary N) is 1. The molecule has 3 nitrogen and oxygen atoms in total. The molecule has 0 bridgehead atoms. The zero-order valence-corrected chi connectivity index (χ0v) is 9.99. The molecule has 0 amide bonds. The van der Waals surface area contributed by atoms with Gasteiger partial charge >= 0.3 is 0 Å². The van der Waals surface area contributed by atoms with Crippen molar-refractivity contribution in [1.29, 1.82) is 5.41 Å². The van der Waals surface area contributed by atoms with E-state index in [-0.39, 0.29) is 18.0 Å². The fourth-order valence-electron chi connectivity index (χ4n) is 1.63. The first-order valence-corrected chi connectivity index (χ1v) is 5.58. The van der Waals surface area contributed by atoms with Gasteiger partial charge in [-0.25, -0.2) is 8.78 Å². The number of nitrogen functional groups attached to an aromatic ring is 1. The first kappa shape index (κ1) is 13.0. The Labute approximate surface area is 109 Å². The number of nitrogens with two attached hydrogens (primary N) is 1. The molecular weight excluding hydrogens is 250 g/mol. The highest BCUT2D eigenvalue weighted by Gasteiger charge is 2.10. The van der Waals surface area contributed by atoms with Crippen molar-refractivity contribution in [3.05, 3.63) is 65.2 Å². The Morgan fingerprint density at radius 1 is 1.11 bits per heavy atom. The Balaban J connectivity index is 2.19. The van der Waals surface area contributed by atoms with Crippen molar-refractivity contribution in [2.24, 2.45) is 5.73 Å². The molecule has 98 valence electrons. The van der Waals surface area contributed by atoms with Crippen LogP contribution in [0, 0.1) is 17.0 Å². The van der Waals surface area contributed by atoms with Crippen LogP contribution in [0.3, 0.4) is 0 Å². The number of hydrogen-bond acceptors (Lipinski definition) is 2. The second kappa shape index (κ2) is 5.48. The number of rotatable bonds is 4. The van der Waals surface area contributed by atoms with Crippen molar-refractivity contribution in [3.8, 4) is 5.75 Å². The van der Waals surface area contributed by atoms with Crippen molar-refractivity contribution in [2.45, 2.75) is 6.61 Å². The van der Waals surface area contributed by atoms with Crippen molar-refractivity contribution >= 4 is 5.84 Å². The van der Waals surface area contributed by atoms with E-state index in [1.807, 2.05) is 0 Å². The van der Waals surface area contributed by atoms with Gasteiger partial charge in [0.1, 0.15) is 18.2 Å². The standard InChI is InChI=1S/C14H12F2N2O/c15-11-6-3-4-9(13(11)16)8-19-12-7-2-1-5-10(12)14(17)18/h1-7H,8H2,(H3,17,18). The van der Waals surface area contributed by atoms with Gasteiger partial charge < -0.3 is 10.5 Å². The predicted octanol–water partition coefficient (Wildman–Crippen LogP) is 2.83. The summed E-state index contributed by atoms with van der Waals surface area (Å²) in [6.07, 6.45) is 0. The molecule has 2 aromatic rings. The summed E-state index contributed by atoms with van der Waals surface area (Å²) >= 11 is 0. The highest BCUT2D eigenvalue weighted by Crippen LogP contribution is 2.20. The zero-order valence-electron chi connectivity index (χ0n) is 9.99. The number of hydrogen-bond donors (Lipinski definition) is 2.